The number of hydrogen-bond acceptors (Lipinski definition) is 2. The highest BCUT2D eigenvalue weighted by atomic mass is 19.2. The number of benzene rings is 1. The van der Waals surface area contributed by atoms with Gasteiger partial charge in [0.2, 0.25) is 0 Å². The predicted octanol–water partition coefficient (Wildman–Crippen LogP) is 2.52. The molecule has 2 unspecified atom stereocenters. The van der Waals surface area contributed by atoms with E-state index in [1.54, 1.807) is 0 Å². The third kappa shape index (κ3) is 2.22. The molecule has 0 amide bonds. The van der Waals surface area contributed by atoms with E-state index in [1.807, 2.05) is 0 Å². The first-order chi connectivity index (χ1) is 8.15. The smallest absolute Gasteiger partial charge is 0.169 e. The van der Waals surface area contributed by atoms with E-state index in [2.05, 4.69) is 0 Å². The number of nitrogens with two attached hydrogens (primary N) is 1. The first-order valence-electron chi connectivity index (χ1n) is 5.83. The molecule has 0 aromatic heterocycles. The largest absolute Gasteiger partial charge is 0.330 e. The molecule has 1 fully saturated rings. The summed E-state index contributed by atoms with van der Waals surface area (Å²) in [7, 11) is 0. The van der Waals surface area contributed by atoms with Crippen LogP contribution in [0, 0.1) is 23.5 Å². The van der Waals surface area contributed by atoms with Crippen LogP contribution in [0.15, 0.2) is 18.2 Å². The average molecular weight is 239 g/mol. The predicted molar refractivity (Wildman–Crippen MR) is 60.6 cm³/mol. The van der Waals surface area contributed by atoms with Crippen molar-refractivity contribution in [2.45, 2.75) is 19.3 Å². The van der Waals surface area contributed by atoms with Crippen molar-refractivity contribution in [1.82, 2.24) is 0 Å². The fraction of sp³-hybridized carbons (Fsp3) is 0.462. The maximum Gasteiger partial charge on any atom is 0.169 e. The Morgan fingerprint density at radius 2 is 2.12 bits per heavy atom. The van der Waals surface area contributed by atoms with Gasteiger partial charge in [0, 0.05) is 5.92 Å². The molecule has 0 aliphatic heterocycles. The Bertz CT molecular complexity index is 433. The maximum absolute atomic E-state index is 13.5. The number of Topliss-reactive ketones (excluding diaryl/α,β-unsaturated/α-hetero) is 1. The van der Waals surface area contributed by atoms with E-state index < -0.39 is 11.6 Å². The Hall–Kier alpha value is -1.29. The molecule has 2 N–H and O–H groups in total. The summed E-state index contributed by atoms with van der Waals surface area (Å²) in [5, 5.41) is 0. The third-order valence-corrected chi connectivity index (χ3v) is 3.52. The molecule has 2 rings (SSSR count). The Morgan fingerprint density at radius 1 is 1.35 bits per heavy atom. The van der Waals surface area contributed by atoms with Crippen molar-refractivity contribution < 1.29 is 13.6 Å². The van der Waals surface area contributed by atoms with E-state index in [1.165, 1.54) is 12.1 Å². The minimum atomic E-state index is -1.04. The van der Waals surface area contributed by atoms with E-state index in [9.17, 15) is 13.6 Å². The van der Waals surface area contributed by atoms with Crippen LogP contribution < -0.4 is 5.73 Å². The standard InChI is InChI=1S/C13H15F2NO/c14-11-6-2-5-10(12(11)15)13(17)9-4-1-3-8(9)7-16/h2,5-6,8-9H,1,3-4,7,16H2. The van der Waals surface area contributed by atoms with Gasteiger partial charge in [0.05, 0.1) is 5.56 Å². The summed E-state index contributed by atoms with van der Waals surface area (Å²) in [6.45, 7) is 0.424. The average Bonchev–Trinajstić information content (AvgIpc) is 2.80. The molecule has 0 spiro atoms. The van der Waals surface area contributed by atoms with Crippen LogP contribution in [0.4, 0.5) is 8.78 Å². The zero-order valence-electron chi connectivity index (χ0n) is 9.46. The molecular formula is C13H15F2NO. The third-order valence-electron chi connectivity index (χ3n) is 3.52. The van der Waals surface area contributed by atoms with Crippen LogP contribution in [-0.2, 0) is 0 Å². The van der Waals surface area contributed by atoms with E-state index in [0.717, 1.165) is 25.3 Å². The molecule has 1 aliphatic carbocycles. The Balaban J connectivity index is 2.28. The molecule has 1 aromatic rings. The second-order valence-corrected chi connectivity index (χ2v) is 4.50. The van der Waals surface area contributed by atoms with Crippen molar-refractivity contribution >= 4 is 5.78 Å². The van der Waals surface area contributed by atoms with Crippen molar-refractivity contribution in [1.29, 1.82) is 0 Å². The lowest BCUT2D eigenvalue weighted by atomic mass is 9.88. The molecular weight excluding hydrogens is 224 g/mol. The summed E-state index contributed by atoms with van der Waals surface area (Å²) >= 11 is 0. The Morgan fingerprint density at radius 3 is 2.82 bits per heavy atom. The molecule has 2 atom stereocenters. The van der Waals surface area contributed by atoms with Crippen LogP contribution in [0.1, 0.15) is 29.6 Å². The van der Waals surface area contributed by atoms with Crippen molar-refractivity contribution in [3.63, 3.8) is 0 Å². The van der Waals surface area contributed by atoms with Gasteiger partial charge in [0.25, 0.3) is 0 Å². The van der Waals surface area contributed by atoms with Crippen LogP contribution >= 0.6 is 0 Å². The zero-order valence-corrected chi connectivity index (χ0v) is 9.46. The van der Waals surface area contributed by atoms with Crippen molar-refractivity contribution in [2.24, 2.45) is 17.6 Å². The molecule has 0 radical (unpaired) electrons. The summed E-state index contributed by atoms with van der Waals surface area (Å²) in [6, 6.07) is 3.71. The number of carbonyl (C=O) groups excluding carboxylic acids is 1. The van der Waals surface area contributed by atoms with E-state index in [-0.39, 0.29) is 23.2 Å². The molecule has 2 nitrogen and oxygen atoms in total. The van der Waals surface area contributed by atoms with Crippen LogP contribution in [0.3, 0.4) is 0 Å². The molecule has 1 saturated carbocycles. The van der Waals surface area contributed by atoms with Crippen molar-refractivity contribution in [2.75, 3.05) is 6.54 Å². The minimum Gasteiger partial charge on any atom is -0.330 e. The highest BCUT2D eigenvalue weighted by molar-refractivity contribution is 5.98. The van der Waals surface area contributed by atoms with Crippen LogP contribution in [0.2, 0.25) is 0 Å². The number of halogens is 2. The second-order valence-electron chi connectivity index (χ2n) is 4.50. The van der Waals surface area contributed by atoms with Gasteiger partial charge in [0.1, 0.15) is 0 Å². The van der Waals surface area contributed by atoms with Gasteiger partial charge in [-0.25, -0.2) is 8.78 Å². The summed E-state index contributed by atoms with van der Waals surface area (Å²) in [4.78, 5) is 12.1. The second kappa shape index (κ2) is 4.92. The first kappa shape index (κ1) is 12.2. The number of carbonyl (C=O) groups is 1. The normalized spacial score (nSPS) is 23.9. The van der Waals surface area contributed by atoms with Gasteiger partial charge in [0.15, 0.2) is 17.4 Å². The Labute approximate surface area is 98.8 Å². The summed E-state index contributed by atoms with van der Waals surface area (Å²) in [6.07, 6.45) is 2.54. The van der Waals surface area contributed by atoms with Crippen molar-refractivity contribution in [3.05, 3.63) is 35.4 Å². The van der Waals surface area contributed by atoms with Gasteiger partial charge in [-0.3, -0.25) is 4.79 Å². The topological polar surface area (TPSA) is 43.1 Å². The molecule has 4 heteroatoms. The molecule has 0 heterocycles. The Kier molecular flexibility index (Phi) is 3.52. The lowest BCUT2D eigenvalue weighted by Crippen LogP contribution is -2.26. The highest BCUT2D eigenvalue weighted by Gasteiger charge is 2.33. The number of rotatable bonds is 3. The molecule has 1 aromatic carbocycles. The highest BCUT2D eigenvalue weighted by Crippen LogP contribution is 2.34. The van der Waals surface area contributed by atoms with Crippen LogP contribution in [-0.4, -0.2) is 12.3 Å². The van der Waals surface area contributed by atoms with Gasteiger partial charge < -0.3 is 5.73 Å². The first-order valence-corrected chi connectivity index (χ1v) is 5.83. The summed E-state index contributed by atoms with van der Waals surface area (Å²) in [5.74, 6) is -2.48. The summed E-state index contributed by atoms with van der Waals surface area (Å²) < 4.78 is 26.6. The molecule has 0 saturated heterocycles. The monoisotopic (exact) mass is 239 g/mol. The maximum atomic E-state index is 13.5. The molecule has 0 bridgehead atoms. The lowest BCUT2D eigenvalue weighted by molar-refractivity contribution is 0.0888. The van der Waals surface area contributed by atoms with Gasteiger partial charge in [-0.05, 0) is 37.4 Å². The summed E-state index contributed by atoms with van der Waals surface area (Å²) in [5.41, 5.74) is 5.44. The van der Waals surface area contributed by atoms with Gasteiger partial charge in [-0.15, -0.1) is 0 Å². The lowest BCUT2D eigenvalue weighted by Gasteiger charge is -2.16. The van der Waals surface area contributed by atoms with Gasteiger partial charge >= 0.3 is 0 Å². The number of hydrogen-bond donors (Lipinski definition) is 1. The minimum absolute atomic E-state index is 0.102. The SMILES string of the molecule is NCC1CCCC1C(=O)c1cccc(F)c1F. The fourth-order valence-corrected chi connectivity index (χ4v) is 2.56. The number of ketones is 1. The van der Waals surface area contributed by atoms with Crippen LogP contribution in [0.25, 0.3) is 0 Å². The van der Waals surface area contributed by atoms with Crippen LogP contribution in [0.5, 0.6) is 0 Å². The van der Waals surface area contributed by atoms with Gasteiger partial charge in [-0.2, -0.15) is 0 Å². The molecule has 17 heavy (non-hydrogen) atoms. The van der Waals surface area contributed by atoms with E-state index >= 15 is 0 Å². The van der Waals surface area contributed by atoms with E-state index in [4.69, 9.17) is 5.73 Å². The molecule has 1 aliphatic rings. The zero-order chi connectivity index (χ0) is 12.4. The fourth-order valence-electron chi connectivity index (χ4n) is 2.56. The quantitative estimate of drug-likeness (QED) is 0.823. The molecule has 92 valence electrons. The van der Waals surface area contributed by atoms with Crippen molar-refractivity contribution in [3.8, 4) is 0 Å². The van der Waals surface area contributed by atoms with Gasteiger partial charge in [-0.1, -0.05) is 12.5 Å². The van der Waals surface area contributed by atoms with E-state index in [0.29, 0.717) is 6.54 Å².